The molecular formula is C16H25ClN2O2. The second kappa shape index (κ2) is 8.59. The number of nitrogens with one attached hydrogen (secondary N) is 1. The fourth-order valence-electron chi connectivity index (χ4n) is 2.19. The van der Waals surface area contributed by atoms with E-state index in [1.807, 2.05) is 6.07 Å². The van der Waals surface area contributed by atoms with E-state index < -0.39 is 0 Å². The number of halogens is 1. The lowest BCUT2D eigenvalue weighted by Crippen LogP contribution is -2.30. The van der Waals surface area contributed by atoms with Gasteiger partial charge in [0.05, 0.1) is 13.2 Å². The fourth-order valence-corrected chi connectivity index (χ4v) is 2.43. The summed E-state index contributed by atoms with van der Waals surface area (Å²) < 4.78 is 10.3. The van der Waals surface area contributed by atoms with Gasteiger partial charge in [0.1, 0.15) is 0 Å². The van der Waals surface area contributed by atoms with Gasteiger partial charge in [0.25, 0.3) is 0 Å². The van der Waals surface area contributed by atoms with Crippen molar-refractivity contribution in [2.24, 2.45) is 0 Å². The van der Waals surface area contributed by atoms with E-state index in [0.717, 1.165) is 35.9 Å². The summed E-state index contributed by atoms with van der Waals surface area (Å²) in [6, 6.07) is 6.97. The van der Waals surface area contributed by atoms with E-state index in [9.17, 15) is 0 Å². The Bertz CT molecular complexity index is 430. The second-order valence-corrected chi connectivity index (χ2v) is 5.81. The van der Waals surface area contributed by atoms with Crippen molar-refractivity contribution in [2.45, 2.75) is 25.4 Å². The van der Waals surface area contributed by atoms with Crippen LogP contribution in [0.4, 0.5) is 5.69 Å². The average molecular weight is 313 g/mol. The number of hydrogen-bond acceptors (Lipinski definition) is 4. The third-order valence-electron chi connectivity index (χ3n) is 3.69. The molecule has 21 heavy (non-hydrogen) atoms. The highest BCUT2D eigenvalue weighted by atomic mass is 35.5. The minimum Gasteiger partial charge on any atom is -0.383 e. The Hall–Kier alpha value is -0.810. The molecule has 1 aliphatic rings. The van der Waals surface area contributed by atoms with Crippen LogP contribution in [0, 0.1) is 0 Å². The van der Waals surface area contributed by atoms with E-state index in [2.05, 4.69) is 22.3 Å². The third kappa shape index (κ3) is 5.47. The van der Waals surface area contributed by atoms with Gasteiger partial charge < -0.3 is 19.7 Å². The van der Waals surface area contributed by atoms with Crippen LogP contribution < -0.4 is 10.2 Å². The molecule has 1 N–H and O–H groups in total. The summed E-state index contributed by atoms with van der Waals surface area (Å²) >= 11 is 6.42. The topological polar surface area (TPSA) is 33.7 Å². The number of hydrogen-bond donors (Lipinski definition) is 1. The zero-order valence-electron chi connectivity index (χ0n) is 12.9. The zero-order valence-corrected chi connectivity index (χ0v) is 13.7. The second-order valence-electron chi connectivity index (χ2n) is 5.40. The van der Waals surface area contributed by atoms with Crippen molar-refractivity contribution < 1.29 is 9.47 Å². The van der Waals surface area contributed by atoms with Crippen LogP contribution in [0.25, 0.3) is 0 Å². The van der Waals surface area contributed by atoms with Crippen LogP contribution >= 0.6 is 11.6 Å². The molecule has 5 heteroatoms. The predicted molar refractivity (Wildman–Crippen MR) is 87.3 cm³/mol. The smallest absolute Gasteiger partial charge is 0.0637 e. The number of rotatable bonds is 10. The summed E-state index contributed by atoms with van der Waals surface area (Å²) in [5.41, 5.74) is 2.27. The van der Waals surface area contributed by atoms with Gasteiger partial charge in [-0.15, -0.1) is 0 Å². The lowest BCUT2D eigenvalue weighted by atomic mass is 10.2. The van der Waals surface area contributed by atoms with E-state index >= 15 is 0 Å². The first-order valence-electron chi connectivity index (χ1n) is 7.49. The van der Waals surface area contributed by atoms with Gasteiger partial charge in [-0.3, -0.25) is 0 Å². The Morgan fingerprint density at radius 3 is 2.38 bits per heavy atom. The predicted octanol–water partition coefficient (Wildman–Crippen LogP) is 2.69. The maximum Gasteiger partial charge on any atom is 0.0637 e. The summed E-state index contributed by atoms with van der Waals surface area (Å²) in [6.07, 6.45) is 2.58. The fraction of sp³-hybridized carbons (Fsp3) is 0.625. The van der Waals surface area contributed by atoms with Crippen LogP contribution in [-0.4, -0.2) is 46.6 Å². The van der Waals surface area contributed by atoms with Crippen molar-refractivity contribution in [1.29, 1.82) is 0 Å². The highest BCUT2D eigenvalue weighted by Crippen LogP contribution is 2.25. The molecular weight excluding hydrogens is 288 g/mol. The summed E-state index contributed by atoms with van der Waals surface area (Å²) in [5.74, 6) is 0. The summed E-state index contributed by atoms with van der Waals surface area (Å²) in [6.45, 7) is 3.88. The molecule has 0 aliphatic heterocycles. The van der Waals surface area contributed by atoms with E-state index in [1.165, 1.54) is 12.8 Å². The van der Waals surface area contributed by atoms with Gasteiger partial charge in [-0.25, -0.2) is 0 Å². The number of methoxy groups -OCH3 is 2. The van der Waals surface area contributed by atoms with Crippen molar-refractivity contribution >= 4 is 17.3 Å². The van der Waals surface area contributed by atoms with Gasteiger partial charge in [0.15, 0.2) is 0 Å². The molecule has 0 heterocycles. The molecule has 0 aromatic heterocycles. The molecule has 0 bridgehead atoms. The van der Waals surface area contributed by atoms with Gasteiger partial charge in [0.2, 0.25) is 0 Å². The molecule has 1 aromatic rings. The van der Waals surface area contributed by atoms with Crippen molar-refractivity contribution in [2.75, 3.05) is 45.4 Å². The molecule has 0 spiro atoms. The number of ether oxygens (including phenoxy) is 2. The summed E-state index contributed by atoms with van der Waals surface area (Å²) in [5, 5.41) is 4.31. The van der Waals surface area contributed by atoms with Crippen LogP contribution in [-0.2, 0) is 16.0 Å². The van der Waals surface area contributed by atoms with Crippen LogP contribution in [0.2, 0.25) is 5.02 Å². The molecule has 1 fully saturated rings. The molecule has 1 saturated carbocycles. The third-order valence-corrected chi connectivity index (χ3v) is 4.04. The first-order chi connectivity index (χ1) is 10.2. The zero-order chi connectivity index (χ0) is 15.1. The maximum atomic E-state index is 6.42. The monoisotopic (exact) mass is 312 g/mol. The van der Waals surface area contributed by atoms with Gasteiger partial charge in [-0.05, 0) is 30.5 Å². The Morgan fingerprint density at radius 1 is 1.19 bits per heavy atom. The molecule has 1 aliphatic carbocycles. The van der Waals surface area contributed by atoms with Crippen LogP contribution in [0.15, 0.2) is 18.2 Å². The summed E-state index contributed by atoms with van der Waals surface area (Å²) in [7, 11) is 3.43. The SMILES string of the molecule is COCCN(CCOC)c1ccc(CNC2CC2)c(Cl)c1. The van der Waals surface area contributed by atoms with E-state index in [1.54, 1.807) is 14.2 Å². The van der Waals surface area contributed by atoms with Crippen LogP contribution in [0.5, 0.6) is 0 Å². The van der Waals surface area contributed by atoms with Gasteiger partial charge in [0, 0.05) is 50.6 Å². The van der Waals surface area contributed by atoms with Gasteiger partial charge >= 0.3 is 0 Å². The first kappa shape index (κ1) is 16.6. The maximum absolute atomic E-state index is 6.42. The Morgan fingerprint density at radius 2 is 1.86 bits per heavy atom. The molecule has 1 aromatic carbocycles. The molecule has 0 unspecified atom stereocenters. The average Bonchev–Trinajstić information content (AvgIpc) is 3.30. The standard InChI is InChI=1S/C16H25ClN2O2/c1-20-9-7-19(8-10-21-2)15-6-3-13(16(17)11-15)12-18-14-4-5-14/h3,6,11,14,18H,4-5,7-10,12H2,1-2H3. The normalized spacial score (nSPS) is 14.4. The Labute approximate surface area is 132 Å². The van der Waals surface area contributed by atoms with Gasteiger partial charge in [-0.1, -0.05) is 17.7 Å². The molecule has 118 valence electrons. The van der Waals surface area contributed by atoms with Crippen molar-refractivity contribution in [1.82, 2.24) is 5.32 Å². The molecule has 0 radical (unpaired) electrons. The lowest BCUT2D eigenvalue weighted by molar-refractivity contribution is 0.190. The van der Waals surface area contributed by atoms with Crippen molar-refractivity contribution in [3.05, 3.63) is 28.8 Å². The Balaban J connectivity index is 1.99. The van der Waals surface area contributed by atoms with Crippen LogP contribution in [0.3, 0.4) is 0 Å². The van der Waals surface area contributed by atoms with Crippen molar-refractivity contribution in [3.63, 3.8) is 0 Å². The largest absolute Gasteiger partial charge is 0.383 e. The van der Waals surface area contributed by atoms with Crippen LogP contribution in [0.1, 0.15) is 18.4 Å². The van der Waals surface area contributed by atoms with Crippen molar-refractivity contribution in [3.8, 4) is 0 Å². The molecule has 0 atom stereocenters. The molecule has 0 amide bonds. The minimum atomic E-state index is 0.687. The summed E-state index contributed by atoms with van der Waals surface area (Å²) in [4.78, 5) is 2.23. The lowest BCUT2D eigenvalue weighted by Gasteiger charge is -2.25. The van der Waals surface area contributed by atoms with E-state index in [0.29, 0.717) is 19.3 Å². The van der Waals surface area contributed by atoms with E-state index in [-0.39, 0.29) is 0 Å². The van der Waals surface area contributed by atoms with E-state index in [4.69, 9.17) is 21.1 Å². The highest BCUT2D eigenvalue weighted by Gasteiger charge is 2.20. The minimum absolute atomic E-state index is 0.687. The Kier molecular flexibility index (Phi) is 6.77. The quantitative estimate of drug-likeness (QED) is 0.720. The first-order valence-corrected chi connectivity index (χ1v) is 7.87. The number of nitrogens with zero attached hydrogens (tertiary/aromatic N) is 1. The molecule has 0 saturated heterocycles. The highest BCUT2D eigenvalue weighted by molar-refractivity contribution is 6.31. The molecule has 2 rings (SSSR count). The van der Waals surface area contributed by atoms with Gasteiger partial charge in [-0.2, -0.15) is 0 Å². The molecule has 4 nitrogen and oxygen atoms in total. The number of anilines is 1. The number of benzene rings is 1.